The van der Waals surface area contributed by atoms with Crippen molar-refractivity contribution in [2.45, 2.75) is 31.8 Å². The van der Waals surface area contributed by atoms with Crippen molar-refractivity contribution < 1.29 is 9.21 Å². The molecule has 2 aromatic heterocycles. The Kier molecular flexibility index (Phi) is 4.35. The van der Waals surface area contributed by atoms with E-state index in [1.165, 1.54) is 28.2 Å². The molecule has 0 aliphatic heterocycles. The van der Waals surface area contributed by atoms with Gasteiger partial charge >= 0.3 is 0 Å². The molecule has 0 unspecified atom stereocenters. The Balaban J connectivity index is 1.51. The maximum absolute atomic E-state index is 12.5. The van der Waals surface area contributed by atoms with E-state index in [1.54, 1.807) is 12.3 Å². The van der Waals surface area contributed by atoms with Crippen LogP contribution in [0.1, 0.15) is 30.0 Å². The molecule has 0 saturated heterocycles. The Morgan fingerprint density at radius 3 is 3.00 bits per heavy atom. The summed E-state index contributed by atoms with van der Waals surface area (Å²) in [6.07, 6.45) is 5.75. The predicted molar refractivity (Wildman–Crippen MR) is 94.3 cm³/mol. The molecule has 4 rings (SSSR count). The van der Waals surface area contributed by atoms with Crippen molar-refractivity contribution in [3.8, 4) is 11.5 Å². The maximum Gasteiger partial charge on any atom is 0.251 e. The Morgan fingerprint density at radius 2 is 2.15 bits per heavy atom. The molecule has 7 heteroatoms. The normalized spacial score (nSPS) is 16.1. The topological polar surface area (TPSA) is 90.0 Å². The molecule has 1 aliphatic carbocycles. The summed E-state index contributed by atoms with van der Waals surface area (Å²) in [5, 5.41) is 10.5. The van der Waals surface area contributed by atoms with Crippen LogP contribution in [0.15, 0.2) is 58.2 Å². The van der Waals surface area contributed by atoms with E-state index in [9.17, 15) is 9.59 Å². The summed E-state index contributed by atoms with van der Waals surface area (Å²) in [7, 11) is 0. The number of pyridine rings is 1. The monoisotopic (exact) mass is 350 g/mol. The molecular formula is C19H18N4O3. The lowest BCUT2D eigenvalue weighted by molar-refractivity contribution is -0.122. The lowest BCUT2D eigenvalue weighted by Gasteiger charge is -2.26. The van der Waals surface area contributed by atoms with Gasteiger partial charge in [0.05, 0.1) is 11.6 Å². The first-order valence-electron chi connectivity index (χ1n) is 8.55. The first-order valence-corrected chi connectivity index (χ1v) is 8.55. The van der Waals surface area contributed by atoms with Crippen LogP contribution in [0.4, 0.5) is 0 Å². The largest absolute Gasteiger partial charge is 0.423 e. The fourth-order valence-electron chi connectivity index (χ4n) is 3.38. The van der Waals surface area contributed by atoms with Crippen molar-refractivity contribution in [3.05, 3.63) is 70.5 Å². The highest BCUT2D eigenvalue weighted by Crippen LogP contribution is 2.29. The van der Waals surface area contributed by atoms with E-state index in [0.29, 0.717) is 11.5 Å². The van der Waals surface area contributed by atoms with Crippen LogP contribution in [0.2, 0.25) is 0 Å². The van der Waals surface area contributed by atoms with Gasteiger partial charge in [0.25, 0.3) is 5.56 Å². The third-order valence-electron chi connectivity index (χ3n) is 4.61. The molecule has 0 saturated carbocycles. The molecule has 0 radical (unpaired) electrons. The molecule has 1 amide bonds. The minimum atomic E-state index is -0.257. The third kappa shape index (κ3) is 3.28. The van der Waals surface area contributed by atoms with Crippen molar-refractivity contribution in [2.75, 3.05) is 0 Å². The van der Waals surface area contributed by atoms with Crippen molar-refractivity contribution in [1.29, 1.82) is 0 Å². The zero-order chi connectivity index (χ0) is 17.9. The quantitative estimate of drug-likeness (QED) is 0.778. The molecule has 132 valence electrons. The van der Waals surface area contributed by atoms with Gasteiger partial charge in [-0.25, -0.2) is 0 Å². The standard InChI is InChI=1S/C19H18N4O3/c24-17(21-16-7-3-5-13-4-1-2-6-15(13)16)11-23-10-14(8-9-18(23)25)19-22-20-12-26-19/h1-2,4,6,8-10,12,16H,3,5,7,11H2,(H,21,24)/t16-/m0/s1. The van der Waals surface area contributed by atoms with E-state index >= 15 is 0 Å². The second kappa shape index (κ2) is 6.95. The average molecular weight is 350 g/mol. The smallest absolute Gasteiger partial charge is 0.251 e. The Labute approximate surface area is 149 Å². The molecule has 0 spiro atoms. The fourth-order valence-corrected chi connectivity index (χ4v) is 3.38. The highest BCUT2D eigenvalue weighted by molar-refractivity contribution is 5.76. The summed E-state index contributed by atoms with van der Waals surface area (Å²) < 4.78 is 6.49. The number of rotatable bonds is 4. The number of hydrogen-bond donors (Lipinski definition) is 1. The molecule has 2 heterocycles. The summed E-state index contributed by atoms with van der Waals surface area (Å²) >= 11 is 0. The number of carbonyl (C=O) groups is 1. The molecule has 3 aromatic rings. The van der Waals surface area contributed by atoms with E-state index in [0.717, 1.165) is 19.3 Å². The molecular weight excluding hydrogens is 332 g/mol. The van der Waals surface area contributed by atoms with Crippen LogP contribution in [0.3, 0.4) is 0 Å². The summed E-state index contributed by atoms with van der Waals surface area (Å²) in [6, 6.07) is 11.1. The van der Waals surface area contributed by atoms with Gasteiger partial charge in [-0.2, -0.15) is 0 Å². The average Bonchev–Trinajstić information content (AvgIpc) is 3.18. The van der Waals surface area contributed by atoms with E-state index in [4.69, 9.17) is 4.42 Å². The second-order valence-corrected chi connectivity index (χ2v) is 6.34. The Morgan fingerprint density at radius 1 is 1.27 bits per heavy atom. The van der Waals surface area contributed by atoms with Gasteiger partial charge in [-0.3, -0.25) is 9.59 Å². The highest BCUT2D eigenvalue weighted by Gasteiger charge is 2.21. The molecule has 26 heavy (non-hydrogen) atoms. The van der Waals surface area contributed by atoms with Gasteiger partial charge in [0.15, 0.2) is 0 Å². The highest BCUT2D eigenvalue weighted by atomic mass is 16.4. The number of fused-ring (bicyclic) bond motifs is 1. The van der Waals surface area contributed by atoms with Crippen molar-refractivity contribution in [1.82, 2.24) is 20.1 Å². The molecule has 1 N–H and O–H groups in total. The van der Waals surface area contributed by atoms with Crippen LogP contribution in [-0.4, -0.2) is 20.7 Å². The van der Waals surface area contributed by atoms with Gasteiger partial charge in [-0.15, -0.1) is 10.2 Å². The molecule has 0 bridgehead atoms. The summed E-state index contributed by atoms with van der Waals surface area (Å²) in [4.78, 5) is 24.6. The lowest BCUT2D eigenvalue weighted by Crippen LogP contribution is -2.35. The number of aryl methyl sites for hydroxylation is 1. The zero-order valence-corrected chi connectivity index (χ0v) is 14.1. The Hall–Kier alpha value is -3.22. The number of benzene rings is 1. The van der Waals surface area contributed by atoms with Crippen LogP contribution in [-0.2, 0) is 17.8 Å². The van der Waals surface area contributed by atoms with Gasteiger partial charge in [-0.1, -0.05) is 24.3 Å². The number of carbonyl (C=O) groups excluding carboxylic acids is 1. The van der Waals surface area contributed by atoms with Gasteiger partial charge in [0.2, 0.25) is 18.2 Å². The summed E-state index contributed by atoms with van der Waals surface area (Å²) in [6.45, 7) is -0.0561. The molecule has 7 nitrogen and oxygen atoms in total. The van der Waals surface area contributed by atoms with Crippen LogP contribution in [0, 0.1) is 0 Å². The SMILES string of the molecule is O=C(Cn1cc(-c2nnco2)ccc1=O)N[C@H]1CCCc2ccccc21. The van der Waals surface area contributed by atoms with E-state index < -0.39 is 0 Å². The number of nitrogens with zero attached hydrogens (tertiary/aromatic N) is 3. The maximum atomic E-state index is 12.5. The summed E-state index contributed by atoms with van der Waals surface area (Å²) in [5.74, 6) is 0.108. The predicted octanol–water partition coefficient (Wildman–Crippen LogP) is 2.09. The summed E-state index contributed by atoms with van der Waals surface area (Å²) in [5.41, 5.74) is 2.78. The first kappa shape index (κ1) is 16.3. The molecule has 1 aliphatic rings. The van der Waals surface area contributed by atoms with Crippen LogP contribution < -0.4 is 10.9 Å². The first-order chi connectivity index (χ1) is 12.7. The molecule has 1 atom stereocenters. The Bertz CT molecular complexity index is 978. The number of amides is 1. The van der Waals surface area contributed by atoms with E-state index in [-0.39, 0.29) is 24.1 Å². The van der Waals surface area contributed by atoms with Gasteiger partial charge in [0, 0.05) is 12.3 Å². The third-order valence-corrected chi connectivity index (χ3v) is 4.61. The van der Waals surface area contributed by atoms with Crippen molar-refractivity contribution >= 4 is 5.91 Å². The van der Waals surface area contributed by atoms with Crippen molar-refractivity contribution in [2.24, 2.45) is 0 Å². The number of nitrogens with one attached hydrogen (secondary N) is 1. The molecule has 0 fully saturated rings. The van der Waals surface area contributed by atoms with Gasteiger partial charge < -0.3 is 14.3 Å². The van der Waals surface area contributed by atoms with Crippen LogP contribution in [0.25, 0.3) is 11.5 Å². The molecule has 1 aromatic carbocycles. The van der Waals surface area contributed by atoms with E-state index in [2.05, 4.69) is 27.6 Å². The fraction of sp³-hybridized carbons (Fsp3) is 0.263. The number of hydrogen-bond acceptors (Lipinski definition) is 5. The van der Waals surface area contributed by atoms with E-state index in [1.807, 2.05) is 12.1 Å². The second-order valence-electron chi connectivity index (χ2n) is 6.34. The minimum Gasteiger partial charge on any atom is -0.423 e. The van der Waals surface area contributed by atoms with Gasteiger partial charge in [-0.05, 0) is 36.5 Å². The van der Waals surface area contributed by atoms with Crippen LogP contribution in [0.5, 0.6) is 0 Å². The van der Waals surface area contributed by atoms with Gasteiger partial charge in [0.1, 0.15) is 6.54 Å². The number of aromatic nitrogens is 3. The minimum absolute atomic E-state index is 0.0118. The van der Waals surface area contributed by atoms with Crippen LogP contribution >= 0.6 is 0 Å². The zero-order valence-electron chi connectivity index (χ0n) is 14.1. The van der Waals surface area contributed by atoms with Crippen molar-refractivity contribution in [3.63, 3.8) is 0 Å². The lowest BCUT2D eigenvalue weighted by atomic mass is 9.88.